The first-order valence-corrected chi connectivity index (χ1v) is 7.57. The summed E-state index contributed by atoms with van der Waals surface area (Å²) in [7, 11) is 1.82. The molecule has 24 heavy (non-hydrogen) atoms. The van der Waals surface area contributed by atoms with E-state index in [1.54, 1.807) is 21.5 Å². The predicted molar refractivity (Wildman–Crippen MR) is 96.6 cm³/mol. The van der Waals surface area contributed by atoms with Crippen LogP contribution in [0.4, 0.5) is 5.69 Å². The van der Waals surface area contributed by atoms with Crippen molar-refractivity contribution in [1.29, 1.82) is 5.41 Å². The molecule has 0 unspecified atom stereocenters. The molecule has 0 amide bonds. The minimum absolute atomic E-state index is 0.201. The van der Waals surface area contributed by atoms with Crippen LogP contribution in [0.25, 0.3) is 5.69 Å². The van der Waals surface area contributed by atoms with Crippen LogP contribution in [0, 0.1) is 12.3 Å². The fraction of sp³-hybridized carbons (Fsp3) is 0.167. The van der Waals surface area contributed by atoms with Gasteiger partial charge in [-0.2, -0.15) is 0 Å². The summed E-state index contributed by atoms with van der Waals surface area (Å²) in [5.41, 5.74) is 9.66. The summed E-state index contributed by atoms with van der Waals surface area (Å²) in [4.78, 5) is 17.3. The zero-order valence-corrected chi connectivity index (χ0v) is 13.9. The minimum atomic E-state index is -0.201. The average Bonchev–Trinajstić information content (AvgIpc) is 2.77. The minimum Gasteiger partial charge on any atom is -0.397 e. The van der Waals surface area contributed by atoms with Crippen LogP contribution in [0.15, 0.2) is 63.5 Å². The maximum Gasteiger partial charge on any atom is 0.297 e. The van der Waals surface area contributed by atoms with Gasteiger partial charge in [0, 0.05) is 7.05 Å². The molecule has 0 fully saturated rings. The molecule has 6 nitrogen and oxygen atoms in total. The molecule has 0 aliphatic heterocycles. The Morgan fingerprint density at radius 2 is 1.79 bits per heavy atom. The van der Waals surface area contributed by atoms with E-state index in [0.29, 0.717) is 22.8 Å². The number of hydrogen-bond acceptors (Lipinski definition) is 4. The first kappa shape index (κ1) is 15.7. The molecule has 3 N–H and O–H groups in total. The zero-order chi connectivity index (χ0) is 17.4. The van der Waals surface area contributed by atoms with Crippen LogP contribution in [0.1, 0.15) is 12.6 Å². The first-order valence-electron chi connectivity index (χ1n) is 7.57. The lowest BCUT2D eigenvalue weighted by atomic mass is 10.0. The van der Waals surface area contributed by atoms with E-state index >= 15 is 0 Å². The average molecular weight is 321 g/mol. The fourth-order valence-corrected chi connectivity index (χ4v) is 2.61. The molecule has 122 valence electrons. The molecule has 0 radical (unpaired) electrons. The highest BCUT2D eigenvalue weighted by Gasteiger charge is 2.18. The largest absolute Gasteiger partial charge is 0.397 e. The topological polar surface area (TPSA) is 89.2 Å². The van der Waals surface area contributed by atoms with Gasteiger partial charge in [-0.15, -0.1) is 0 Å². The highest BCUT2D eigenvalue weighted by Crippen LogP contribution is 2.19. The number of nitrogens with two attached hydrogens (primary N) is 1. The number of para-hydroxylation sites is 1. The van der Waals surface area contributed by atoms with E-state index in [1.807, 2.05) is 51.2 Å². The second-order valence-corrected chi connectivity index (χ2v) is 5.75. The van der Waals surface area contributed by atoms with Crippen LogP contribution in [0.3, 0.4) is 0 Å². The summed E-state index contributed by atoms with van der Waals surface area (Å²) in [6.07, 6.45) is 3.29. The Morgan fingerprint density at radius 1 is 1.12 bits per heavy atom. The molecule has 1 aromatic heterocycles. The van der Waals surface area contributed by atoms with E-state index in [2.05, 4.69) is 4.99 Å². The van der Waals surface area contributed by atoms with Crippen molar-refractivity contribution in [2.24, 2.45) is 17.8 Å². The summed E-state index contributed by atoms with van der Waals surface area (Å²) in [6.45, 7) is 3.67. The van der Waals surface area contributed by atoms with Gasteiger partial charge in [0.05, 0.1) is 28.5 Å². The van der Waals surface area contributed by atoms with E-state index in [9.17, 15) is 4.79 Å². The fourth-order valence-electron chi connectivity index (χ4n) is 2.61. The number of aliphatic imine (C=N–C) groups is 1. The Labute approximate surface area is 139 Å². The van der Waals surface area contributed by atoms with Gasteiger partial charge in [-0.1, -0.05) is 18.2 Å². The second kappa shape index (κ2) is 5.81. The molecule has 1 aliphatic rings. The molecular weight excluding hydrogens is 302 g/mol. The van der Waals surface area contributed by atoms with E-state index in [0.717, 1.165) is 17.0 Å². The number of nitrogens with zero attached hydrogens (tertiary/aromatic N) is 3. The molecule has 0 spiro atoms. The van der Waals surface area contributed by atoms with E-state index in [1.165, 1.54) is 0 Å². The van der Waals surface area contributed by atoms with Crippen LogP contribution < -0.4 is 11.3 Å². The van der Waals surface area contributed by atoms with E-state index in [-0.39, 0.29) is 5.56 Å². The molecule has 0 bridgehead atoms. The number of hydrogen-bond donors (Lipinski definition) is 2. The predicted octanol–water partition coefficient (Wildman–Crippen LogP) is 2.38. The Kier molecular flexibility index (Phi) is 3.81. The summed E-state index contributed by atoms with van der Waals surface area (Å²) in [6, 6.07) is 9.42. The van der Waals surface area contributed by atoms with Crippen LogP contribution in [-0.2, 0) is 7.05 Å². The van der Waals surface area contributed by atoms with Gasteiger partial charge in [-0.3, -0.25) is 9.48 Å². The van der Waals surface area contributed by atoms with Crippen molar-refractivity contribution >= 4 is 17.1 Å². The van der Waals surface area contributed by atoms with Crippen LogP contribution in [0.2, 0.25) is 0 Å². The second-order valence-electron chi connectivity index (χ2n) is 5.75. The highest BCUT2D eigenvalue weighted by molar-refractivity contribution is 6.22. The standard InChI is InChI=1S/C18H19N5O/c1-11-9-16(15(20)10-14(11)19)21-17-12(2)22(3)23(18(17)24)13-7-5-4-6-8-13/h4-10,19H,20H2,1-3H3/b19-14?,21-16+. The maximum atomic E-state index is 12.8. The van der Waals surface area contributed by atoms with Gasteiger partial charge in [-0.05, 0) is 43.7 Å². The van der Waals surface area contributed by atoms with Gasteiger partial charge < -0.3 is 11.1 Å². The maximum absolute atomic E-state index is 12.8. The van der Waals surface area contributed by atoms with Crippen LogP contribution in [0.5, 0.6) is 0 Å². The molecule has 0 saturated heterocycles. The lowest BCUT2D eigenvalue weighted by molar-refractivity contribution is 0.630. The van der Waals surface area contributed by atoms with E-state index in [4.69, 9.17) is 11.1 Å². The number of nitrogens with one attached hydrogen (secondary N) is 1. The lowest BCUT2D eigenvalue weighted by Gasteiger charge is -2.10. The number of allylic oxidation sites excluding steroid dienone is 3. The van der Waals surface area contributed by atoms with Crippen molar-refractivity contribution in [3.63, 3.8) is 0 Å². The number of rotatable bonds is 2. The Hall–Kier alpha value is -3.15. The third-order valence-electron chi connectivity index (χ3n) is 4.13. The van der Waals surface area contributed by atoms with Gasteiger partial charge in [0.1, 0.15) is 0 Å². The van der Waals surface area contributed by atoms with Crippen LogP contribution in [-0.4, -0.2) is 20.8 Å². The van der Waals surface area contributed by atoms with Crippen molar-refractivity contribution in [1.82, 2.24) is 9.36 Å². The third-order valence-corrected chi connectivity index (χ3v) is 4.13. The molecule has 6 heteroatoms. The van der Waals surface area contributed by atoms with Gasteiger partial charge >= 0.3 is 0 Å². The molecule has 3 rings (SSSR count). The Balaban J connectivity index is 2.18. The van der Waals surface area contributed by atoms with Gasteiger partial charge in [0.2, 0.25) is 0 Å². The molecule has 1 heterocycles. The third kappa shape index (κ3) is 2.52. The van der Waals surface area contributed by atoms with Crippen molar-refractivity contribution in [3.05, 3.63) is 69.8 Å². The van der Waals surface area contributed by atoms with Gasteiger partial charge in [0.25, 0.3) is 5.56 Å². The lowest BCUT2D eigenvalue weighted by Crippen LogP contribution is -2.20. The summed E-state index contributed by atoms with van der Waals surface area (Å²) >= 11 is 0. The summed E-state index contributed by atoms with van der Waals surface area (Å²) in [5, 5.41) is 7.78. The first-order chi connectivity index (χ1) is 11.4. The monoisotopic (exact) mass is 321 g/mol. The Morgan fingerprint density at radius 3 is 2.46 bits per heavy atom. The molecule has 0 atom stereocenters. The summed E-state index contributed by atoms with van der Waals surface area (Å²) in [5.74, 6) is 0. The number of aromatic nitrogens is 2. The summed E-state index contributed by atoms with van der Waals surface area (Å²) < 4.78 is 3.36. The van der Waals surface area contributed by atoms with E-state index < -0.39 is 0 Å². The number of benzene rings is 1. The molecule has 1 aromatic carbocycles. The SMILES string of the molecule is CC1=C/C(=N\c2c(C)n(C)n(-c3ccccc3)c2=O)C(N)=CC1=N. The zero-order valence-electron chi connectivity index (χ0n) is 13.9. The van der Waals surface area contributed by atoms with Crippen molar-refractivity contribution in [2.45, 2.75) is 13.8 Å². The molecule has 0 saturated carbocycles. The van der Waals surface area contributed by atoms with Crippen molar-refractivity contribution in [2.75, 3.05) is 0 Å². The molecular formula is C18H19N5O. The smallest absolute Gasteiger partial charge is 0.297 e. The molecule has 2 aromatic rings. The Bertz CT molecular complexity index is 971. The van der Waals surface area contributed by atoms with Gasteiger partial charge in [-0.25, -0.2) is 9.67 Å². The quantitative estimate of drug-likeness (QED) is 0.832. The van der Waals surface area contributed by atoms with Crippen molar-refractivity contribution < 1.29 is 0 Å². The van der Waals surface area contributed by atoms with Crippen molar-refractivity contribution in [3.8, 4) is 5.69 Å². The normalized spacial score (nSPS) is 16.3. The van der Waals surface area contributed by atoms with Gasteiger partial charge in [0.15, 0.2) is 5.69 Å². The molecule has 1 aliphatic carbocycles. The van der Waals surface area contributed by atoms with Crippen LogP contribution >= 0.6 is 0 Å². The highest BCUT2D eigenvalue weighted by atomic mass is 16.1.